The molecule has 2 fully saturated rings. The lowest BCUT2D eigenvalue weighted by Crippen LogP contribution is -2.52. The lowest BCUT2D eigenvalue weighted by Gasteiger charge is -2.39. The molecule has 116 valence electrons. The van der Waals surface area contributed by atoms with Crippen molar-refractivity contribution in [2.45, 2.75) is 70.1 Å². The molecule has 1 heterocycles. The summed E-state index contributed by atoms with van der Waals surface area (Å²) in [5.41, 5.74) is -0.901. The smallest absolute Gasteiger partial charge is 0.410 e. The lowest BCUT2D eigenvalue weighted by molar-refractivity contribution is -0.0350. The van der Waals surface area contributed by atoms with Gasteiger partial charge >= 0.3 is 6.09 Å². The van der Waals surface area contributed by atoms with E-state index in [2.05, 4.69) is 5.32 Å². The molecule has 1 aliphatic carbocycles. The highest BCUT2D eigenvalue weighted by Crippen LogP contribution is 2.31. The Kier molecular flexibility index (Phi) is 4.59. The Labute approximate surface area is 121 Å². The van der Waals surface area contributed by atoms with Gasteiger partial charge < -0.3 is 20.1 Å². The highest BCUT2D eigenvalue weighted by Gasteiger charge is 2.35. The first-order valence-electron chi connectivity index (χ1n) is 7.71. The summed E-state index contributed by atoms with van der Waals surface area (Å²) in [4.78, 5) is 13.7. The van der Waals surface area contributed by atoms with E-state index in [0.717, 1.165) is 45.2 Å². The Morgan fingerprint density at radius 1 is 1.35 bits per heavy atom. The third-order valence-corrected chi connectivity index (χ3v) is 4.15. The Balaban J connectivity index is 1.68. The summed E-state index contributed by atoms with van der Waals surface area (Å²) in [6.07, 6.45) is 4.60. The summed E-state index contributed by atoms with van der Waals surface area (Å²) in [6, 6.07) is 0.401. The van der Waals surface area contributed by atoms with Gasteiger partial charge in [0.05, 0.1) is 5.60 Å². The first-order chi connectivity index (χ1) is 9.27. The van der Waals surface area contributed by atoms with Gasteiger partial charge in [0, 0.05) is 25.7 Å². The number of carbonyl (C=O) groups excluding carboxylic acids is 1. The number of nitrogens with one attached hydrogen (secondary N) is 1. The highest BCUT2D eigenvalue weighted by molar-refractivity contribution is 5.68. The van der Waals surface area contributed by atoms with Gasteiger partial charge in [-0.2, -0.15) is 0 Å². The number of amides is 1. The molecule has 0 spiro atoms. The molecule has 0 aromatic rings. The molecule has 0 unspecified atom stereocenters. The number of ether oxygens (including phenoxy) is 1. The molecule has 2 N–H and O–H groups in total. The number of aliphatic hydroxyl groups is 1. The van der Waals surface area contributed by atoms with Crippen LogP contribution in [0.3, 0.4) is 0 Å². The van der Waals surface area contributed by atoms with Crippen molar-refractivity contribution in [2.75, 3.05) is 19.6 Å². The molecule has 0 bridgehead atoms. The van der Waals surface area contributed by atoms with Crippen molar-refractivity contribution in [2.24, 2.45) is 0 Å². The van der Waals surface area contributed by atoms with E-state index in [4.69, 9.17) is 4.74 Å². The van der Waals surface area contributed by atoms with E-state index in [1.54, 1.807) is 4.90 Å². The monoisotopic (exact) mass is 284 g/mol. The molecule has 1 saturated carbocycles. The molecule has 5 nitrogen and oxygen atoms in total. The van der Waals surface area contributed by atoms with Gasteiger partial charge in [-0.05, 0) is 52.9 Å². The van der Waals surface area contributed by atoms with Gasteiger partial charge in [0.25, 0.3) is 0 Å². The van der Waals surface area contributed by atoms with Gasteiger partial charge in [-0.25, -0.2) is 4.79 Å². The summed E-state index contributed by atoms with van der Waals surface area (Å²) in [5, 5.41) is 13.5. The molecule has 0 aromatic carbocycles. The molecular formula is C15H28N2O3. The van der Waals surface area contributed by atoms with Crippen LogP contribution in [0.4, 0.5) is 4.79 Å². The number of hydrogen-bond acceptors (Lipinski definition) is 4. The van der Waals surface area contributed by atoms with Crippen molar-refractivity contribution in [3.63, 3.8) is 0 Å². The topological polar surface area (TPSA) is 61.8 Å². The molecule has 2 aliphatic rings. The average Bonchev–Trinajstić information content (AvgIpc) is 2.32. The van der Waals surface area contributed by atoms with Crippen LogP contribution in [0.25, 0.3) is 0 Å². The minimum Gasteiger partial charge on any atom is -0.444 e. The van der Waals surface area contributed by atoms with Crippen LogP contribution in [0.15, 0.2) is 0 Å². The van der Waals surface area contributed by atoms with Crippen molar-refractivity contribution < 1.29 is 14.6 Å². The Hall–Kier alpha value is -0.810. The quantitative estimate of drug-likeness (QED) is 0.831. The molecule has 0 aromatic heterocycles. The van der Waals surface area contributed by atoms with Crippen LogP contribution in [0.2, 0.25) is 0 Å². The maximum absolute atomic E-state index is 11.9. The number of carbonyl (C=O) groups is 1. The fourth-order valence-electron chi connectivity index (χ4n) is 2.69. The third kappa shape index (κ3) is 4.35. The maximum atomic E-state index is 11.9. The molecule has 2 rings (SSSR count). The predicted octanol–water partition coefficient (Wildman–Crippen LogP) is 1.89. The maximum Gasteiger partial charge on any atom is 0.410 e. The summed E-state index contributed by atoms with van der Waals surface area (Å²) < 4.78 is 5.38. The normalized spacial score (nSPS) is 23.3. The molecule has 0 atom stereocenters. The number of hydrogen-bond donors (Lipinski definition) is 2. The number of likely N-dealkylation sites (tertiary alicyclic amines) is 1. The SMILES string of the molecule is CC(C)(C)OC(=O)N1CCC(NCC2(O)CCC2)CC1. The summed E-state index contributed by atoms with van der Waals surface area (Å²) in [6.45, 7) is 7.80. The molecule has 0 radical (unpaired) electrons. The van der Waals surface area contributed by atoms with Gasteiger partial charge in [0.2, 0.25) is 0 Å². The summed E-state index contributed by atoms with van der Waals surface area (Å²) in [7, 11) is 0. The standard InChI is InChI=1S/C15H28N2O3/c1-14(2,3)20-13(18)17-9-5-12(6-10-17)16-11-15(19)7-4-8-15/h12,16,19H,4-11H2,1-3H3. The van der Waals surface area contributed by atoms with Gasteiger partial charge in [0.1, 0.15) is 5.60 Å². The Morgan fingerprint density at radius 2 is 1.95 bits per heavy atom. The van der Waals surface area contributed by atoms with Gasteiger partial charge in [0.15, 0.2) is 0 Å². The second-order valence-electron chi connectivity index (χ2n) is 7.20. The van der Waals surface area contributed by atoms with Crippen LogP contribution in [0.1, 0.15) is 52.9 Å². The number of nitrogens with zero attached hydrogens (tertiary/aromatic N) is 1. The van der Waals surface area contributed by atoms with Crippen LogP contribution >= 0.6 is 0 Å². The first kappa shape index (κ1) is 15.6. The molecule has 1 aliphatic heterocycles. The number of rotatable bonds is 3. The van der Waals surface area contributed by atoms with Crippen LogP contribution in [-0.2, 0) is 4.74 Å². The van der Waals surface area contributed by atoms with Crippen LogP contribution < -0.4 is 5.32 Å². The second kappa shape index (κ2) is 5.90. The van der Waals surface area contributed by atoms with Crippen LogP contribution in [0, 0.1) is 0 Å². The number of piperidine rings is 1. The lowest BCUT2D eigenvalue weighted by atomic mass is 9.80. The van der Waals surface area contributed by atoms with Crippen LogP contribution in [-0.4, -0.2) is 53.0 Å². The average molecular weight is 284 g/mol. The minimum absolute atomic E-state index is 0.214. The zero-order valence-corrected chi connectivity index (χ0v) is 12.9. The summed E-state index contributed by atoms with van der Waals surface area (Å²) >= 11 is 0. The van der Waals surface area contributed by atoms with Crippen molar-refractivity contribution in [3.05, 3.63) is 0 Å². The van der Waals surface area contributed by atoms with Crippen LogP contribution in [0.5, 0.6) is 0 Å². The van der Waals surface area contributed by atoms with E-state index in [-0.39, 0.29) is 6.09 Å². The largest absolute Gasteiger partial charge is 0.444 e. The fourth-order valence-corrected chi connectivity index (χ4v) is 2.69. The van der Waals surface area contributed by atoms with E-state index in [1.807, 2.05) is 20.8 Å². The zero-order chi connectivity index (χ0) is 14.8. The predicted molar refractivity (Wildman–Crippen MR) is 77.6 cm³/mol. The van der Waals surface area contributed by atoms with E-state index in [1.165, 1.54) is 0 Å². The van der Waals surface area contributed by atoms with Crippen molar-refractivity contribution in [1.29, 1.82) is 0 Å². The van der Waals surface area contributed by atoms with Crippen molar-refractivity contribution >= 4 is 6.09 Å². The van der Waals surface area contributed by atoms with Gasteiger partial charge in [-0.15, -0.1) is 0 Å². The molecule has 1 saturated heterocycles. The highest BCUT2D eigenvalue weighted by atomic mass is 16.6. The van der Waals surface area contributed by atoms with Gasteiger partial charge in [-0.3, -0.25) is 0 Å². The Morgan fingerprint density at radius 3 is 2.40 bits per heavy atom. The molecule has 1 amide bonds. The Bertz CT molecular complexity index is 340. The second-order valence-corrected chi connectivity index (χ2v) is 7.20. The molecule has 5 heteroatoms. The first-order valence-corrected chi connectivity index (χ1v) is 7.71. The van der Waals surface area contributed by atoms with E-state index < -0.39 is 11.2 Å². The van der Waals surface area contributed by atoms with E-state index in [0.29, 0.717) is 12.6 Å². The third-order valence-electron chi connectivity index (χ3n) is 4.15. The van der Waals surface area contributed by atoms with Crippen molar-refractivity contribution in [3.8, 4) is 0 Å². The van der Waals surface area contributed by atoms with Gasteiger partial charge in [-0.1, -0.05) is 0 Å². The molecular weight excluding hydrogens is 256 g/mol. The fraction of sp³-hybridized carbons (Fsp3) is 0.933. The summed E-state index contributed by atoms with van der Waals surface area (Å²) in [5.74, 6) is 0. The van der Waals surface area contributed by atoms with Crippen molar-refractivity contribution in [1.82, 2.24) is 10.2 Å². The minimum atomic E-state index is -0.470. The van der Waals surface area contributed by atoms with E-state index in [9.17, 15) is 9.90 Å². The molecule has 20 heavy (non-hydrogen) atoms. The zero-order valence-electron chi connectivity index (χ0n) is 12.9. The van der Waals surface area contributed by atoms with E-state index >= 15 is 0 Å².